The Morgan fingerprint density at radius 3 is 2.61 bits per heavy atom. The topological polar surface area (TPSA) is 60.5 Å². The van der Waals surface area contributed by atoms with E-state index in [9.17, 15) is 4.79 Å². The quantitative estimate of drug-likeness (QED) is 0.621. The van der Waals surface area contributed by atoms with Crippen molar-refractivity contribution in [2.24, 2.45) is 0 Å². The van der Waals surface area contributed by atoms with Crippen molar-refractivity contribution >= 4 is 22.9 Å². The van der Waals surface area contributed by atoms with Gasteiger partial charge in [-0.3, -0.25) is 4.79 Å². The zero-order valence-electron chi connectivity index (χ0n) is 16.5. The van der Waals surface area contributed by atoms with Crippen LogP contribution in [0.2, 0.25) is 0 Å². The molecule has 1 amide bonds. The maximum atomic E-state index is 12.4. The summed E-state index contributed by atoms with van der Waals surface area (Å²) in [7, 11) is 1.59. The normalized spacial score (nSPS) is 10.6. The lowest BCUT2D eigenvalue weighted by Gasteiger charge is -2.10. The Hall–Kier alpha value is -2.86. The number of nitrogens with zero attached hydrogens (tertiary/aromatic N) is 1. The van der Waals surface area contributed by atoms with Crippen LogP contribution in [0.4, 0.5) is 5.69 Å². The molecule has 0 bridgehead atoms. The van der Waals surface area contributed by atoms with Crippen molar-refractivity contribution in [2.75, 3.05) is 12.4 Å². The Kier molecular flexibility index (Phi) is 6.31. The van der Waals surface area contributed by atoms with Gasteiger partial charge in [0.1, 0.15) is 23.1 Å². The first-order chi connectivity index (χ1) is 13.4. The number of benzene rings is 2. The van der Waals surface area contributed by atoms with Gasteiger partial charge in [0.2, 0.25) is 5.91 Å². The summed E-state index contributed by atoms with van der Waals surface area (Å²) in [6, 6.07) is 11.8. The molecular weight excluding hydrogens is 372 g/mol. The van der Waals surface area contributed by atoms with Crippen molar-refractivity contribution in [3.05, 3.63) is 69.2 Å². The lowest BCUT2D eigenvalue weighted by Crippen LogP contribution is -2.15. The van der Waals surface area contributed by atoms with Gasteiger partial charge in [-0.1, -0.05) is 18.2 Å². The van der Waals surface area contributed by atoms with Crippen LogP contribution in [0, 0.1) is 20.8 Å². The number of ether oxygens (including phenoxy) is 2. The molecular formula is C22H24N2O3S. The van der Waals surface area contributed by atoms with Crippen LogP contribution in [-0.4, -0.2) is 18.0 Å². The number of amides is 1. The summed E-state index contributed by atoms with van der Waals surface area (Å²) in [6.45, 7) is 6.42. The molecule has 1 heterocycles. The number of thiazole rings is 1. The highest BCUT2D eigenvalue weighted by Gasteiger charge is 2.12. The zero-order chi connectivity index (χ0) is 20.1. The molecule has 5 nitrogen and oxygen atoms in total. The van der Waals surface area contributed by atoms with E-state index in [-0.39, 0.29) is 12.3 Å². The summed E-state index contributed by atoms with van der Waals surface area (Å²) < 4.78 is 11.2. The van der Waals surface area contributed by atoms with Gasteiger partial charge in [0.15, 0.2) is 0 Å². The molecule has 1 aromatic heterocycles. The number of rotatable bonds is 7. The van der Waals surface area contributed by atoms with Crippen LogP contribution in [0.1, 0.15) is 27.4 Å². The molecule has 0 unspecified atom stereocenters. The predicted molar refractivity (Wildman–Crippen MR) is 112 cm³/mol. The molecule has 6 heteroatoms. The number of hydrogen-bond donors (Lipinski definition) is 1. The summed E-state index contributed by atoms with van der Waals surface area (Å²) in [5.41, 5.74) is 4.70. The number of aryl methyl sites for hydroxylation is 3. The molecule has 0 saturated heterocycles. The summed E-state index contributed by atoms with van der Waals surface area (Å²) in [6.07, 6.45) is 0.205. The van der Waals surface area contributed by atoms with Gasteiger partial charge >= 0.3 is 0 Å². The smallest absolute Gasteiger partial charge is 0.230 e. The molecule has 28 heavy (non-hydrogen) atoms. The first kappa shape index (κ1) is 19.9. The minimum atomic E-state index is -0.129. The summed E-state index contributed by atoms with van der Waals surface area (Å²) in [4.78, 5) is 16.9. The van der Waals surface area contributed by atoms with E-state index in [0.717, 1.165) is 33.1 Å². The Balaban J connectivity index is 1.59. The zero-order valence-corrected chi connectivity index (χ0v) is 17.4. The van der Waals surface area contributed by atoms with Gasteiger partial charge < -0.3 is 14.8 Å². The van der Waals surface area contributed by atoms with E-state index in [0.29, 0.717) is 18.0 Å². The molecule has 3 rings (SSSR count). The average Bonchev–Trinajstić information content (AvgIpc) is 3.10. The third-order valence-electron chi connectivity index (χ3n) is 4.26. The van der Waals surface area contributed by atoms with Crippen LogP contribution < -0.4 is 14.8 Å². The van der Waals surface area contributed by atoms with E-state index < -0.39 is 0 Å². The van der Waals surface area contributed by atoms with Gasteiger partial charge in [-0.25, -0.2) is 4.98 Å². The molecule has 0 fully saturated rings. The molecule has 1 N–H and O–H groups in total. The maximum Gasteiger partial charge on any atom is 0.230 e. The molecule has 146 valence electrons. The van der Waals surface area contributed by atoms with E-state index in [1.807, 2.05) is 56.5 Å². The number of carbonyl (C=O) groups is 1. The molecule has 3 aromatic rings. The van der Waals surface area contributed by atoms with Crippen molar-refractivity contribution in [2.45, 2.75) is 33.8 Å². The van der Waals surface area contributed by atoms with E-state index in [4.69, 9.17) is 9.47 Å². The van der Waals surface area contributed by atoms with Crippen molar-refractivity contribution < 1.29 is 14.3 Å². The van der Waals surface area contributed by atoms with Gasteiger partial charge in [0.05, 0.1) is 24.9 Å². The molecule has 0 aliphatic carbocycles. The van der Waals surface area contributed by atoms with Crippen LogP contribution in [-0.2, 0) is 17.8 Å². The molecule has 0 radical (unpaired) electrons. The number of carbonyl (C=O) groups excluding carboxylic acids is 1. The minimum Gasteiger partial charge on any atom is -0.495 e. The van der Waals surface area contributed by atoms with Gasteiger partial charge in [0, 0.05) is 5.38 Å². The number of aromatic nitrogens is 1. The fourth-order valence-corrected chi connectivity index (χ4v) is 3.48. The molecule has 0 atom stereocenters. The second-order valence-electron chi connectivity index (χ2n) is 6.72. The fourth-order valence-electron chi connectivity index (χ4n) is 2.78. The highest BCUT2D eigenvalue weighted by Crippen LogP contribution is 2.25. The van der Waals surface area contributed by atoms with Gasteiger partial charge in [0.25, 0.3) is 0 Å². The van der Waals surface area contributed by atoms with Crippen molar-refractivity contribution in [3.63, 3.8) is 0 Å². The second-order valence-corrected chi connectivity index (χ2v) is 7.66. The second kappa shape index (κ2) is 8.89. The van der Waals surface area contributed by atoms with Gasteiger partial charge in [-0.2, -0.15) is 0 Å². The first-order valence-corrected chi connectivity index (χ1v) is 9.90. The lowest BCUT2D eigenvalue weighted by atomic mass is 10.1. The number of nitrogens with one attached hydrogen (secondary N) is 1. The van der Waals surface area contributed by atoms with Crippen molar-refractivity contribution in [1.29, 1.82) is 0 Å². The molecule has 2 aromatic carbocycles. The first-order valence-electron chi connectivity index (χ1n) is 9.02. The van der Waals surface area contributed by atoms with Crippen LogP contribution in [0.15, 0.2) is 41.8 Å². The van der Waals surface area contributed by atoms with Crippen molar-refractivity contribution in [3.8, 4) is 11.5 Å². The van der Waals surface area contributed by atoms with Crippen LogP contribution in [0.3, 0.4) is 0 Å². The van der Waals surface area contributed by atoms with E-state index in [1.54, 1.807) is 7.11 Å². The van der Waals surface area contributed by atoms with Gasteiger partial charge in [-0.15, -0.1) is 11.3 Å². The largest absolute Gasteiger partial charge is 0.495 e. The average molecular weight is 397 g/mol. The predicted octanol–water partition coefficient (Wildman–Crippen LogP) is 4.84. The Labute approximate surface area is 169 Å². The van der Waals surface area contributed by atoms with E-state index in [2.05, 4.69) is 16.4 Å². The maximum absolute atomic E-state index is 12.4. The molecule has 0 saturated carbocycles. The Bertz CT molecular complexity index is 982. The third-order valence-corrected chi connectivity index (χ3v) is 5.14. The van der Waals surface area contributed by atoms with Crippen LogP contribution in [0.5, 0.6) is 11.5 Å². The van der Waals surface area contributed by atoms with Gasteiger partial charge in [-0.05, 0) is 55.7 Å². The third kappa shape index (κ3) is 5.10. The summed E-state index contributed by atoms with van der Waals surface area (Å²) in [5.74, 6) is 1.37. The summed E-state index contributed by atoms with van der Waals surface area (Å²) >= 11 is 1.50. The van der Waals surface area contributed by atoms with E-state index >= 15 is 0 Å². The number of hydrogen-bond acceptors (Lipinski definition) is 5. The Morgan fingerprint density at radius 1 is 1.07 bits per heavy atom. The highest BCUT2D eigenvalue weighted by molar-refractivity contribution is 7.09. The Morgan fingerprint density at radius 2 is 1.82 bits per heavy atom. The lowest BCUT2D eigenvalue weighted by molar-refractivity contribution is -0.115. The fraction of sp³-hybridized carbons (Fsp3) is 0.273. The highest BCUT2D eigenvalue weighted by atomic mass is 32.1. The van der Waals surface area contributed by atoms with E-state index in [1.165, 1.54) is 11.3 Å². The standard InChI is InChI=1S/C22H24N2O3S/c1-14-6-8-19(26-4)18(9-14)24-21(25)11-17-13-28-22(23-17)12-27-20-10-15(2)5-7-16(20)3/h5-10,13H,11-12H2,1-4H3,(H,24,25). The summed E-state index contributed by atoms with van der Waals surface area (Å²) in [5, 5.41) is 5.64. The number of methoxy groups -OCH3 is 1. The van der Waals surface area contributed by atoms with Crippen LogP contribution in [0.25, 0.3) is 0 Å². The minimum absolute atomic E-state index is 0.129. The van der Waals surface area contributed by atoms with Crippen molar-refractivity contribution in [1.82, 2.24) is 4.98 Å². The molecule has 0 aliphatic heterocycles. The number of anilines is 1. The molecule has 0 aliphatic rings. The SMILES string of the molecule is COc1ccc(C)cc1NC(=O)Cc1csc(COc2cc(C)ccc2C)n1. The molecule has 0 spiro atoms. The monoisotopic (exact) mass is 396 g/mol. The van der Waals surface area contributed by atoms with Crippen LogP contribution >= 0.6 is 11.3 Å².